The van der Waals surface area contributed by atoms with Crippen LogP contribution in [0.1, 0.15) is 12.5 Å². The van der Waals surface area contributed by atoms with E-state index in [1.165, 1.54) is 4.35 Å². The molecule has 0 fully saturated rings. The number of nitrogens with zero attached hydrogens (tertiary/aromatic N) is 2. The fourth-order valence-electron chi connectivity index (χ4n) is 2.45. The number of fused-ring (bicyclic) bond motifs is 1. The number of ether oxygens (including phenoxy) is 1. The van der Waals surface area contributed by atoms with E-state index in [0.717, 1.165) is 19.7 Å². The number of hydrogen-bond donors (Lipinski definition) is 1. The molecular weight excluding hydrogens is 429 g/mol. The van der Waals surface area contributed by atoms with Gasteiger partial charge in [-0.3, -0.25) is 0 Å². The van der Waals surface area contributed by atoms with E-state index in [1.807, 2.05) is 31.2 Å². The number of halogens is 1. The number of hydrogen-bond acceptors (Lipinski definition) is 4. The van der Waals surface area contributed by atoms with Gasteiger partial charge in [0.25, 0.3) is 0 Å². The van der Waals surface area contributed by atoms with Crippen LogP contribution in [0.25, 0.3) is 10.9 Å². The van der Waals surface area contributed by atoms with Crippen molar-refractivity contribution in [3.05, 3.63) is 52.6 Å². The molecule has 0 radical (unpaired) electrons. The van der Waals surface area contributed by atoms with Gasteiger partial charge in [0.15, 0.2) is 0 Å². The first kappa shape index (κ1) is 16.8. The van der Waals surface area contributed by atoms with Gasteiger partial charge in [0.2, 0.25) is 0 Å². The van der Waals surface area contributed by atoms with Gasteiger partial charge in [-0.25, -0.2) is 0 Å². The van der Waals surface area contributed by atoms with Crippen molar-refractivity contribution < 1.29 is 4.74 Å². The van der Waals surface area contributed by atoms with Crippen LogP contribution in [-0.4, -0.2) is 27.3 Å². The van der Waals surface area contributed by atoms with Crippen LogP contribution in [-0.2, 0) is 0 Å². The Bertz CT molecular complexity index is 953. The van der Waals surface area contributed by atoms with E-state index in [2.05, 4.69) is 39.1 Å². The summed E-state index contributed by atoms with van der Waals surface area (Å²) in [5, 5.41) is 10.4. The predicted molar refractivity (Wildman–Crippen MR) is 103 cm³/mol. The second-order valence-electron chi connectivity index (χ2n) is 5.13. The number of nitrogen functional groups attached to an aromatic ring is 1. The molecule has 0 saturated carbocycles. The van der Waals surface area contributed by atoms with E-state index in [1.54, 1.807) is 6.20 Å². The molecule has 120 valence electrons. The third-order valence-electron chi connectivity index (χ3n) is 3.51. The molecule has 24 heavy (non-hydrogen) atoms. The molecule has 0 amide bonds. The summed E-state index contributed by atoms with van der Waals surface area (Å²) in [4.78, 5) is 4.41. The van der Waals surface area contributed by atoms with Crippen LogP contribution in [0.5, 0.6) is 5.75 Å². The van der Waals surface area contributed by atoms with Gasteiger partial charge in [-0.15, -0.1) is 0 Å². The number of rotatable bonds is 4. The molecular formula is C18H15AsBrN3O. The molecule has 0 saturated heterocycles. The van der Waals surface area contributed by atoms with E-state index in [0.29, 0.717) is 23.6 Å². The molecule has 2 N–H and O–H groups in total. The Labute approximate surface area is 155 Å². The summed E-state index contributed by atoms with van der Waals surface area (Å²) in [5.74, 6) is 0.635. The monoisotopic (exact) mass is 443 g/mol. The summed E-state index contributed by atoms with van der Waals surface area (Å²) in [6, 6.07) is 14.2. The zero-order chi connectivity index (χ0) is 17.1. The molecule has 1 atom stereocenters. The second-order valence-corrected chi connectivity index (χ2v) is 8.83. The Morgan fingerprint density at radius 2 is 2.17 bits per heavy atom. The third kappa shape index (κ3) is 3.40. The van der Waals surface area contributed by atoms with Gasteiger partial charge in [-0.2, -0.15) is 0 Å². The molecule has 6 heteroatoms. The van der Waals surface area contributed by atoms with E-state index < -0.39 is 15.8 Å². The Hall–Kier alpha value is -2.02. The zero-order valence-corrected chi connectivity index (χ0v) is 16.7. The Morgan fingerprint density at radius 1 is 1.33 bits per heavy atom. The summed E-state index contributed by atoms with van der Waals surface area (Å²) in [6.45, 7) is 2.46. The van der Waals surface area contributed by atoms with E-state index in [-0.39, 0.29) is 0 Å². The van der Waals surface area contributed by atoms with Crippen molar-refractivity contribution in [3.8, 4) is 11.8 Å². The molecule has 0 spiro atoms. The summed E-state index contributed by atoms with van der Waals surface area (Å²) < 4.78 is 8.88. The van der Waals surface area contributed by atoms with Gasteiger partial charge in [-0.05, 0) is 0 Å². The summed E-state index contributed by atoms with van der Waals surface area (Å²) in [6.07, 6.45) is 1.64. The molecule has 1 aromatic heterocycles. The number of aromatic nitrogens is 1. The van der Waals surface area contributed by atoms with Crippen LogP contribution < -0.4 is 19.2 Å². The van der Waals surface area contributed by atoms with Crippen molar-refractivity contribution in [3.63, 3.8) is 0 Å². The van der Waals surface area contributed by atoms with Crippen molar-refractivity contribution in [2.75, 3.05) is 12.3 Å². The number of nitriles is 1. The van der Waals surface area contributed by atoms with E-state index in [4.69, 9.17) is 10.5 Å². The minimum atomic E-state index is -0.698. The first-order valence-corrected chi connectivity index (χ1v) is 10.3. The van der Waals surface area contributed by atoms with Crippen LogP contribution >= 0.6 is 15.9 Å². The van der Waals surface area contributed by atoms with Crippen molar-refractivity contribution in [1.29, 1.82) is 5.26 Å². The van der Waals surface area contributed by atoms with Gasteiger partial charge >= 0.3 is 156 Å². The average Bonchev–Trinajstić information content (AvgIpc) is 2.56. The molecule has 0 aliphatic rings. The normalized spacial score (nSPS) is 11.0. The average molecular weight is 444 g/mol. The quantitative estimate of drug-likeness (QED) is 0.495. The molecule has 1 unspecified atom stereocenters. The van der Waals surface area contributed by atoms with E-state index in [9.17, 15) is 5.26 Å². The number of nitrogens with two attached hydrogens (primary N) is 1. The topological polar surface area (TPSA) is 71.9 Å². The van der Waals surface area contributed by atoms with Gasteiger partial charge < -0.3 is 0 Å². The van der Waals surface area contributed by atoms with Crippen molar-refractivity contribution >= 4 is 57.0 Å². The minimum absolute atomic E-state index is 0.546. The van der Waals surface area contributed by atoms with Gasteiger partial charge in [-0.1, -0.05) is 0 Å². The van der Waals surface area contributed by atoms with Crippen LogP contribution in [0, 0.1) is 11.3 Å². The van der Waals surface area contributed by atoms with Crippen LogP contribution in [0.3, 0.4) is 0 Å². The Morgan fingerprint density at radius 3 is 2.88 bits per heavy atom. The van der Waals surface area contributed by atoms with Gasteiger partial charge in [0, 0.05) is 0 Å². The van der Waals surface area contributed by atoms with Crippen molar-refractivity contribution in [2.24, 2.45) is 0 Å². The molecule has 1 heterocycles. The van der Waals surface area contributed by atoms with Crippen LogP contribution in [0.15, 0.2) is 47.1 Å². The SMILES string of the molecule is CCOc1cc2ncc(C#N)c([AsH]c3cccc(Br)c3)c2cc1N. The fraction of sp³-hybridized carbons (Fsp3) is 0.111. The van der Waals surface area contributed by atoms with Gasteiger partial charge in [0.05, 0.1) is 0 Å². The first-order chi connectivity index (χ1) is 11.6. The predicted octanol–water partition coefficient (Wildman–Crippen LogP) is 2.24. The van der Waals surface area contributed by atoms with E-state index >= 15 is 0 Å². The summed E-state index contributed by atoms with van der Waals surface area (Å²) >= 11 is 2.81. The standard InChI is InChI=1S/C18H15AsBrN3O/c1-2-24-17-8-16-14(7-15(17)22)18(11(9-21)10-23-16)19-12-4-3-5-13(20)6-12/h3-8,10,19H,2,22H2,1H3. The number of pyridine rings is 1. The van der Waals surface area contributed by atoms with Crippen molar-refractivity contribution in [1.82, 2.24) is 4.98 Å². The molecule has 0 aliphatic heterocycles. The maximum atomic E-state index is 9.48. The maximum absolute atomic E-state index is 9.48. The first-order valence-electron chi connectivity index (χ1n) is 7.40. The van der Waals surface area contributed by atoms with Gasteiger partial charge in [0.1, 0.15) is 0 Å². The molecule has 4 nitrogen and oxygen atoms in total. The Kier molecular flexibility index (Phi) is 5.08. The van der Waals surface area contributed by atoms with Crippen LogP contribution in [0.4, 0.5) is 5.69 Å². The summed E-state index contributed by atoms with van der Waals surface area (Å²) in [7, 11) is 0. The Balaban J connectivity index is 2.17. The molecule has 0 bridgehead atoms. The van der Waals surface area contributed by atoms with Crippen LogP contribution in [0.2, 0.25) is 0 Å². The second kappa shape index (κ2) is 7.25. The fourth-order valence-corrected chi connectivity index (χ4v) is 5.99. The third-order valence-corrected chi connectivity index (χ3v) is 6.92. The zero-order valence-electron chi connectivity index (χ0n) is 13.0. The molecule has 2 aromatic carbocycles. The molecule has 3 aromatic rings. The number of benzene rings is 2. The molecule has 3 rings (SSSR count). The summed E-state index contributed by atoms with van der Waals surface area (Å²) in [5.41, 5.74) is 8.12. The van der Waals surface area contributed by atoms with Crippen molar-refractivity contribution in [2.45, 2.75) is 6.92 Å². The number of anilines is 1. The molecule has 0 aliphatic carbocycles.